The number of ether oxygens (including phenoxy) is 1. The van der Waals surface area contributed by atoms with Crippen LogP contribution < -0.4 is 26.3 Å². The number of hydrogen-bond donors (Lipinski definition) is 2. The van der Waals surface area contributed by atoms with Gasteiger partial charge in [0.1, 0.15) is 12.4 Å². The molecule has 0 radical (unpaired) electrons. The predicted molar refractivity (Wildman–Crippen MR) is 138 cm³/mol. The smallest absolute Gasteiger partial charge is 0.293 e. The van der Waals surface area contributed by atoms with Crippen LogP contribution in [0.2, 0.25) is 10.0 Å². The third kappa shape index (κ3) is 5.66. The number of benzene rings is 2. The quantitative estimate of drug-likeness (QED) is 0.195. The van der Waals surface area contributed by atoms with Crippen molar-refractivity contribution < 1.29 is 9.57 Å². The van der Waals surface area contributed by atoms with Crippen LogP contribution in [0.15, 0.2) is 59.5 Å². The summed E-state index contributed by atoms with van der Waals surface area (Å²) in [7, 11) is 3.35. The van der Waals surface area contributed by atoms with Crippen molar-refractivity contribution in [2.75, 3.05) is 32.6 Å². The first kappa shape index (κ1) is 24.7. The highest BCUT2D eigenvalue weighted by atomic mass is 35.5. The number of nitrogens with one attached hydrogen (secondary N) is 1. The highest BCUT2D eigenvalue weighted by Gasteiger charge is 2.18. The molecule has 11 heteroatoms. The van der Waals surface area contributed by atoms with Gasteiger partial charge in [-0.15, -0.1) is 4.73 Å². The Balaban J connectivity index is 1.80. The molecule has 0 amide bonds. The largest absolute Gasteiger partial charge is 0.497 e. The second-order valence-corrected chi connectivity index (χ2v) is 8.57. The van der Waals surface area contributed by atoms with Crippen LogP contribution >= 0.6 is 23.2 Å². The molecule has 0 bridgehead atoms. The molecule has 35 heavy (non-hydrogen) atoms. The van der Waals surface area contributed by atoms with Crippen LogP contribution in [-0.4, -0.2) is 47.0 Å². The second-order valence-electron chi connectivity index (χ2n) is 7.75. The summed E-state index contributed by atoms with van der Waals surface area (Å²) >= 11 is 12.8. The van der Waals surface area contributed by atoms with Crippen molar-refractivity contribution in [1.82, 2.24) is 19.7 Å². The van der Waals surface area contributed by atoms with E-state index in [0.29, 0.717) is 45.4 Å². The highest BCUT2D eigenvalue weighted by Crippen LogP contribution is 2.33. The fraction of sp³-hybridized carbons (Fsp3) is 0.208. The van der Waals surface area contributed by atoms with Crippen LogP contribution in [-0.2, 0) is 0 Å². The molecule has 4 rings (SSSR count). The van der Waals surface area contributed by atoms with Crippen LogP contribution in [0, 0.1) is 0 Å². The Morgan fingerprint density at radius 3 is 2.60 bits per heavy atom. The number of anilines is 2. The highest BCUT2D eigenvalue weighted by molar-refractivity contribution is 6.39. The molecule has 182 valence electrons. The van der Waals surface area contributed by atoms with E-state index in [2.05, 4.69) is 15.3 Å². The van der Waals surface area contributed by atoms with Crippen molar-refractivity contribution in [1.29, 1.82) is 0 Å². The molecule has 0 aliphatic rings. The summed E-state index contributed by atoms with van der Waals surface area (Å²) in [4.78, 5) is 28.4. The number of halogens is 2. The van der Waals surface area contributed by atoms with Crippen molar-refractivity contribution in [2.24, 2.45) is 5.84 Å². The lowest BCUT2D eigenvalue weighted by atomic mass is 10.1. The molecule has 0 aliphatic carbocycles. The lowest BCUT2D eigenvalue weighted by Gasteiger charge is -2.16. The molecule has 2 aromatic carbocycles. The standard InChI is InChI=1S/C24H24Cl2N6O3/c1-31(27)10-5-11-35-32-22-15(12-18(23(32)33)21-19(25)8-4-9-20(21)26)14-28-24(30-22)29-16-6-3-7-17(13-16)34-2/h3-4,6-9,12-14H,5,10-11,27H2,1-2H3,(H,28,29,30). The third-order valence-electron chi connectivity index (χ3n) is 5.14. The first-order valence-corrected chi connectivity index (χ1v) is 11.5. The Kier molecular flexibility index (Phi) is 7.72. The third-order valence-corrected chi connectivity index (χ3v) is 5.77. The molecule has 0 saturated heterocycles. The summed E-state index contributed by atoms with van der Waals surface area (Å²) in [5, 5.41) is 5.94. The Morgan fingerprint density at radius 1 is 1.14 bits per heavy atom. The van der Waals surface area contributed by atoms with E-state index in [1.807, 2.05) is 24.3 Å². The van der Waals surface area contributed by atoms with Crippen molar-refractivity contribution in [3.05, 3.63) is 75.1 Å². The van der Waals surface area contributed by atoms with E-state index in [0.717, 1.165) is 10.4 Å². The summed E-state index contributed by atoms with van der Waals surface area (Å²) in [6.07, 6.45) is 2.20. The average Bonchev–Trinajstić information content (AvgIpc) is 2.83. The van der Waals surface area contributed by atoms with Crippen molar-refractivity contribution >= 4 is 45.9 Å². The molecular formula is C24H24Cl2N6O3. The number of nitrogens with zero attached hydrogens (tertiary/aromatic N) is 4. The molecule has 0 aliphatic heterocycles. The van der Waals surface area contributed by atoms with Gasteiger partial charge < -0.3 is 14.9 Å². The minimum absolute atomic E-state index is 0.235. The van der Waals surface area contributed by atoms with Gasteiger partial charge >= 0.3 is 0 Å². The minimum Gasteiger partial charge on any atom is -0.497 e. The van der Waals surface area contributed by atoms with Crippen molar-refractivity contribution in [3.63, 3.8) is 0 Å². The second kappa shape index (κ2) is 10.9. The summed E-state index contributed by atoms with van der Waals surface area (Å²) < 4.78 is 6.42. The molecule has 3 N–H and O–H groups in total. The summed E-state index contributed by atoms with van der Waals surface area (Å²) in [5.41, 5.74) is 1.27. The Labute approximate surface area is 211 Å². The van der Waals surface area contributed by atoms with Gasteiger partial charge in [-0.1, -0.05) is 35.3 Å². The van der Waals surface area contributed by atoms with Crippen molar-refractivity contribution in [3.8, 4) is 16.9 Å². The molecule has 2 aromatic heterocycles. The molecule has 4 aromatic rings. The molecule has 0 saturated carbocycles. The SMILES string of the molecule is COc1cccc(Nc2ncc3cc(-c4c(Cl)cccc4Cl)c(=O)n(OCCCN(C)N)c3n2)c1. The van der Waals surface area contributed by atoms with Gasteiger partial charge in [0.05, 0.1) is 22.7 Å². The van der Waals surface area contributed by atoms with Gasteiger partial charge in [-0.05, 0) is 36.8 Å². The van der Waals surface area contributed by atoms with E-state index >= 15 is 0 Å². The zero-order valence-corrected chi connectivity index (χ0v) is 20.7. The molecule has 0 spiro atoms. The fourth-order valence-electron chi connectivity index (χ4n) is 3.48. The van der Waals surface area contributed by atoms with E-state index in [4.69, 9.17) is 38.6 Å². The fourth-order valence-corrected chi connectivity index (χ4v) is 4.08. The van der Waals surface area contributed by atoms with E-state index in [1.165, 1.54) is 0 Å². The Hall–Kier alpha value is -3.37. The predicted octanol–water partition coefficient (Wildman–Crippen LogP) is 4.14. The number of aromatic nitrogens is 3. The maximum absolute atomic E-state index is 13.6. The topological polar surface area (TPSA) is 108 Å². The lowest BCUT2D eigenvalue weighted by molar-refractivity contribution is 0.103. The Morgan fingerprint density at radius 2 is 1.89 bits per heavy atom. The number of nitrogens with two attached hydrogens (primary N) is 1. The first-order chi connectivity index (χ1) is 16.9. The lowest BCUT2D eigenvalue weighted by Crippen LogP contribution is -2.32. The van der Waals surface area contributed by atoms with Crippen molar-refractivity contribution in [2.45, 2.75) is 6.42 Å². The van der Waals surface area contributed by atoms with Gasteiger partial charge in [-0.3, -0.25) is 15.6 Å². The minimum atomic E-state index is -0.445. The number of rotatable bonds is 9. The van der Waals surface area contributed by atoms with Gasteiger partial charge in [0.15, 0.2) is 5.65 Å². The number of pyridine rings is 1. The molecule has 0 fully saturated rings. The zero-order chi connectivity index (χ0) is 24.9. The van der Waals surface area contributed by atoms with E-state index in [1.54, 1.807) is 49.6 Å². The molecule has 2 heterocycles. The first-order valence-electron chi connectivity index (χ1n) is 10.7. The van der Waals surface area contributed by atoms with Crippen LogP contribution in [0.3, 0.4) is 0 Å². The monoisotopic (exact) mass is 514 g/mol. The number of hydrogen-bond acceptors (Lipinski definition) is 8. The van der Waals surface area contributed by atoms with Gasteiger partial charge in [-0.25, -0.2) is 4.98 Å². The van der Waals surface area contributed by atoms with Gasteiger partial charge in [0, 0.05) is 42.5 Å². The maximum atomic E-state index is 13.6. The summed E-state index contributed by atoms with van der Waals surface area (Å²) in [6, 6.07) is 14.1. The molecule has 0 unspecified atom stereocenters. The van der Waals surface area contributed by atoms with E-state index < -0.39 is 5.56 Å². The van der Waals surface area contributed by atoms with Crippen LogP contribution in [0.5, 0.6) is 5.75 Å². The van der Waals surface area contributed by atoms with E-state index in [-0.39, 0.29) is 18.1 Å². The van der Waals surface area contributed by atoms with Crippen LogP contribution in [0.4, 0.5) is 11.6 Å². The zero-order valence-electron chi connectivity index (χ0n) is 19.2. The summed E-state index contributed by atoms with van der Waals surface area (Å²) in [5.74, 6) is 6.65. The molecule has 0 atom stereocenters. The maximum Gasteiger partial charge on any atom is 0.293 e. The number of methoxy groups -OCH3 is 1. The number of fused-ring (bicyclic) bond motifs is 1. The average molecular weight is 515 g/mol. The molecular weight excluding hydrogens is 491 g/mol. The number of hydrazine groups is 1. The Bertz CT molecular complexity index is 1390. The van der Waals surface area contributed by atoms with Gasteiger partial charge in [0.25, 0.3) is 5.56 Å². The van der Waals surface area contributed by atoms with Gasteiger partial charge in [-0.2, -0.15) is 4.98 Å². The molecule has 9 nitrogen and oxygen atoms in total. The summed E-state index contributed by atoms with van der Waals surface area (Å²) in [6.45, 7) is 0.819. The van der Waals surface area contributed by atoms with E-state index in [9.17, 15) is 4.79 Å². The normalized spacial score (nSPS) is 11.1. The van der Waals surface area contributed by atoms with Crippen LogP contribution in [0.1, 0.15) is 6.42 Å². The van der Waals surface area contributed by atoms with Gasteiger partial charge in [0.2, 0.25) is 5.95 Å². The van der Waals surface area contributed by atoms with Crippen LogP contribution in [0.25, 0.3) is 22.2 Å².